The van der Waals surface area contributed by atoms with Crippen molar-refractivity contribution in [1.82, 2.24) is 0 Å². The van der Waals surface area contributed by atoms with Crippen LogP contribution in [0.4, 0.5) is 0 Å². The van der Waals surface area contributed by atoms with Crippen molar-refractivity contribution in [1.29, 1.82) is 0 Å². The Bertz CT molecular complexity index is 2460. The summed E-state index contributed by atoms with van der Waals surface area (Å²) in [5.74, 6) is 0. The summed E-state index contributed by atoms with van der Waals surface area (Å²) in [6, 6.07) is 65.9. The molecule has 4 aliphatic rings. The SMILES string of the molecule is c1ccc2c(c1)Cc1c-2cccc1[Si](c1cccc2c1Cc1ccccc1-2)(c1cccc2c1Cc1ccccc1-2)c1cccc2c1Cc1ccccc1-2. The van der Waals surface area contributed by atoms with E-state index < -0.39 is 8.07 Å². The van der Waals surface area contributed by atoms with Crippen LogP contribution >= 0.6 is 0 Å². The highest BCUT2D eigenvalue weighted by atomic mass is 28.3. The first-order valence-corrected chi connectivity index (χ1v) is 21.1. The fraction of sp³-hybridized carbons (Fsp3) is 0.0769. The van der Waals surface area contributed by atoms with E-state index in [1.165, 1.54) is 89.0 Å². The van der Waals surface area contributed by atoms with Crippen molar-refractivity contribution in [2.45, 2.75) is 25.7 Å². The molecule has 8 aromatic carbocycles. The second-order valence-electron chi connectivity index (χ2n) is 15.4. The molecule has 0 fully saturated rings. The molecule has 0 saturated carbocycles. The maximum Gasteiger partial charge on any atom is 0.180 e. The van der Waals surface area contributed by atoms with E-state index >= 15 is 0 Å². The molecule has 0 aliphatic heterocycles. The van der Waals surface area contributed by atoms with Gasteiger partial charge in [-0.3, -0.25) is 0 Å². The summed E-state index contributed by atoms with van der Waals surface area (Å²) < 4.78 is 0. The number of hydrogen-bond acceptors (Lipinski definition) is 0. The van der Waals surface area contributed by atoms with Gasteiger partial charge in [0.15, 0.2) is 8.07 Å². The zero-order chi connectivity index (χ0) is 34.7. The van der Waals surface area contributed by atoms with Crippen molar-refractivity contribution >= 4 is 28.8 Å². The molecule has 0 heterocycles. The third-order valence-corrected chi connectivity index (χ3v) is 18.1. The van der Waals surface area contributed by atoms with E-state index in [2.05, 4.69) is 170 Å². The molecule has 8 aromatic rings. The first-order valence-electron chi connectivity index (χ1n) is 19.1. The van der Waals surface area contributed by atoms with E-state index in [0.717, 1.165) is 25.7 Å². The van der Waals surface area contributed by atoms with Crippen LogP contribution in [0.2, 0.25) is 0 Å². The fourth-order valence-electron chi connectivity index (χ4n) is 10.9. The summed E-state index contributed by atoms with van der Waals surface area (Å²) in [7, 11) is -3.08. The van der Waals surface area contributed by atoms with E-state index in [0.29, 0.717) is 0 Å². The Kier molecular flexibility index (Phi) is 6.13. The summed E-state index contributed by atoms with van der Waals surface area (Å²) in [5, 5.41) is 6.24. The van der Waals surface area contributed by atoms with E-state index in [9.17, 15) is 0 Å². The van der Waals surface area contributed by atoms with Gasteiger partial charge < -0.3 is 0 Å². The Morgan fingerprint density at radius 1 is 0.226 bits per heavy atom. The van der Waals surface area contributed by atoms with Crippen LogP contribution in [-0.4, -0.2) is 8.07 Å². The van der Waals surface area contributed by atoms with Crippen molar-refractivity contribution in [3.63, 3.8) is 0 Å². The predicted octanol–water partition coefficient (Wildman–Crippen LogP) is 9.35. The van der Waals surface area contributed by atoms with E-state index in [4.69, 9.17) is 0 Å². The van der Waals surface area contributed by atoms with Crippen LogP contribution in [0.3, 0.4) is 0 Å². The van der Waals surface area contributed by atoms with Crippen LogP contribution in [0.25, 0.3) is 44.5 Å². The summed E-state index contributed by atoms with van der Waals surface area (Å²) in [4.78, 5) is 0. The molecule has 53 heavy (non-hydrogen) atoms. The van der Waals surface area contributed by atoms with Gasteiger partial charge in [-0.25, -0.2) is 0 Å². The third-order valence-electron chi connectivity index (χ3n) is 13.0. The first-order chi connectivity index (χ1) is 26.3. The average molecular weight is 689 g/mol. The van der Waals surface area contributed by atoms with Gasteiger partial charge >= 0.3 is 0 Å². The van der Waals surface area contributed by atoms with Crippen LogP contribution in [0.15, 0.2) is 170 Å². The fourth-order valence-corrected chi connectivity index (χ4v) is 16.7. The van der Waals surface area contributed by atoms with Crippen LogP contribution < -0.4 is 20.7 Å². The van der Waals surface area contributed by atoms with Crippen LogP contribution in [0, 0.1) is 0 Å². The van der Waals surface area contributed by atoms with Crippen LogP contribution in [0.5, 0.6) is 0 Å². The molecule has 0 atom stereocenters. The van der Waals surface area contributed by atoms with E-state index in [1.807, 2.05) is 0 Å². The number of rotatable bonds is 4. The van der Waals surface area contributed by atoms with Gasteiger partial charge in [0, 0.05) is 0 Å². The highest BCUT2D eigenvalue weighted by Crippen LogP contribution is 2.43. The second-order valence-corrected chi connectivity index (χ2v) is 19.1. The molecule has 248 valence electrons. The highest BCUT2D eigenvalue weighted by molar-refractivity contribution is 7.20. The molecule has 0 aromatic heterocycles. The zero-order valence-electron chi connectivity index (χ0n) is 29.5. The van der Waals surface area contributed by atoms with Gasteiger partial charge in [0.1, 0.15) is 0 Å². The lowest BCUT2D eigenvalue weighted by molar-refractivity contribution is 1.25. The van der Waals surface area contributed by atoms with Gasteiger partial charge in [-0.15, -0.1) is 0 Å². The molecule has 0 saturated heterocycles. The minimum Gasteiger partial charge on any atom is -0.0619 e. The van der Waals surface area contributed by atoms with Gasteiger partial charge in [0.05, 0.1) is 0 Å². The lowest BCUT2D eigenvalue weighted by atomic mass is 10.1. The lowest BCUT2D eigenvalue weighted by Gasteiger charge is -2.40. The van der Waals surface area contributed by atoms with Crippen LogP contribution in [0.1, 0.15) is 44.5 Å². The molecule has 0 amide bonds. The van der Waals surface area contributed by atoms with E-state index in [1.54, 1.807) is 20.7 Å². The molecular weight excluding hydrogens is 653 g/mol. The van der Waals surface area contributed by atoms with Gasteiger partial charge in [0.25, 0.3) is 0 Å². The smallest absolute Gasteiger partial charge is 0.0619 e. The summed E-state index contributed by atoms with van der Waals surface area (Å²) >= 11 is 0. The van der Waals surface area contributed by atoms with Gasteiger partial charge in [-0.1, -0.05) is 170 Å². The zero-order valence-corrected chi connectivity index (χ0v) is 30.5. The van der Waals surface area contributed by atoms with Gasteiger partial charge in [0.2, 0.25) is 0 Å². The molecule has 4 aliphatic carbocycles. The Labute approximate surface area is 312 Å². The Balaban J connectivity index is 1.27. The Morgan fingerprint density at radius 3 is 0.717 bits per heavy atom. The quantitative estimate of drug-likeness (QED) is 0.128. The topological polar surface area (TPSA) is 0 Å². The molecule has 1 heteroatoms. The largest absolute Gasteiger partial charge is 0.180 e. The first kappa shape index (κ1) is 29.5. The number of fused-ring (bicyclic) bond motifs is 12. The molecular formula is C52H36Si. The summed E-state index contributed by atoms with van der Waals surface area (Å²) in [6.45, 7) is 0. The van der Waals surface area contributed by atoms with Gasteiger partial charge in [-0.05, 0) is 135 Å². The molecule has 0 unspecified atom stereocenters. The summed E-state index contributed by atoms with van der Waals surface area (Å²) in [5.41, 5.74) is 23.1. The maximum atomic E-state index is 2.56. The van der Waals surface area contributed by atoms with Crippen molar-refractivity contribution < 1.29 is 0 Å². The lowest BCUT2D eigenvalue weighted by Crippen LogP contribution is -2.77. The summed E-state index contributed by atoms with van der Waals surface area (Å²) in [6.07, 6.45) is 3.87. The minimum atomic E-state index is -3.08. The molecule has 0 bridgehead atoms. The van der Waals surface area contributed by atoms with Crippen molar-refractivity contribution in [3.05, 3.63) is 214 Å². The number of hydrogen-bond donors (Lipinski definition) is 0. The Hall–Kier alpha value is -6.02. The van der Waals surface area contributed by atoms with Gasteiger partial charge in [-0.2, -0.15) is 0 Å². The second kappa shape index (κ2) is 11.0. The predicted molar refractivity (Wildman–Crippen MR) is 223 cm³/mol. The molecule has 0 spiro atoms. The Morgan fingerprint density at radius 2 is 0.453 bits per heavy atom. The van der Waals surface area contributed by atoms with Crippen molar-refractivity contribution in [2.75, 3.05) is 0 Å². The standard InChI is InChI=1S/C52H36Si/c1-5-17-37-33(13-1)29-45-41(37)21-9-25-49(45)53(50-26-10-22-42-38-18-6-2-14-34(38)30-46(42)50,51-27-11-23-43-39-19-7-3-15-35(39)31-47(43)51)52-28-12-24-44-40-20-8-4-16-36(40)32-48(44)52/h1-28H,29-32H2. The van der Waals surface area contributed by atoms with Crippen LogP contribution in [-0.2, 0) is 25.7 Å². The van der Waals surface area contributed by atoms with E-state index in [-0.39, 0.29) is 0 Å². The molecule has 0 radical (unpaired) electrons. The highest BCUT2D eigenvalue weighted by Gasteiger charge is 2.50. The molecule has 0 nitrogen and oxygen atoms in total. The average Bonchev–Trinajstić information content (AvgIpc) is 3.99. The molecule has 12 rings (SSSR count). The van der Waals surface area contributed by atoms with Crippen molar-refractivity contribution in [3.8, 4) is 44.5 Å². The normalized spacial score (nSPS) is 13.7. The maximum absolute atomic E-state index is 3.08. The van der Waals surface area contributed by atoms with Crippen molar-refractivity contribution in [2.24, 2.45) is 0 Å². The molecule has 0 N–H and O–H groups in total. The number of benzene rings is 8. The monoisotopic (exact) mass is 688 g/mol. The third kappa shape index (κ3) is 3.95. The minimum absolute atomic E-state index is 0.968.